The third kappa shape index (κ3) is 1.28. The standard InChI is InChI=1S/C11H13N5O/c1-6-5-13-7-3-4-8-10(9(7)14-6)16(17)11(12)15(8)2/h3-5,11,17H,12H2,1-2H3. The van der Waals surface area contributed by atoms with Gasteiger partial charge in [0.2, 0.25) is 0 Å². The SMILES string of the molecule is Cc1cnc2ccc3c(c2n1)N(O)C(N)N3C. The molecule has 1 aromatic carbocycles. The van der Waals surface area contributed by atoms with Crippen LogP contribution in [0.25, 0.3) is 11.0 Å². The Hall–Kier alpha value is -1.92. The van der Waals surface area contributed by atoms with Gasteiger partial charge in [-0.3, -0.25) is 15.9 Å². The Bertz CT molecular complexity index is 600. The first-order valence-corrected chi connectivity index (χ1v) is 5.32. The molecule has 6 heteroatoms. The van der Waals surface area contributed by atoms with Crippen molar-refractivity contribution in [1.82, 2.24) is 9.97 Å². The van der Waals surface area contributed by atoms with Crippen LogP contribution >= 0.6 is 0 Å². The highest BCUT2D eigenvalue weighted by atomic mass is 16.5. The van der Waals surface area contributed by atoms with Crippen LogP contribution in [0.5, 0.6) is 0 Å². The van der Waals surface area contributed by atoms with Crippen molar-refractivity contribution in [3.63, 3.8) is 0 Å². The Morgan fingerprint density at radius 3 is 2.94 bits per heavy atom. The quantitative estimate of drug-likeness (QED) is 0.699. The molecular formula is C11H13N5O. The fraction of sp³-hybridized carbons (Fsp3) is 0.273. The van der Waals surface area contributed by atoms with Gasteiger partial charge in [0.25, 0.3) is 0 Å². The number of fused-ring (bicyclic) bond motifs is 3. The Morgan fingerprint density at radius 2 is 2.18 bits per heavy atom. The smallest absolute Gasteiger partial charge is 0.179 e. The predicted molar refractivity (Wildman–Crippen MR) is 64.9 cm³/mol. The van der Waals surface area contributed by atoms with Crippen LogP contribution < -0.4 is 15.7 Å². The fourth-order valence-electron chi connectivity index (χ4n) is 2.09. The normalized spacial score (nSPS) is 18.9. The Labute approximate surface area is 98.2 Å². The van der Waals surface area contributed by atoms with Crippen LogP contribution in [0.2, 0.25) is 0 Å². The van der Waals surface area contributed by atoms with E-state index < -0.39 is 6.29 Å². The molecular weight excluding hydrogens is 218 g/mol. The molecule has 0 saturated carbocycles. The number of nitrogens with zero attached hydrogens (tertiary/aromatic N) is 4. The highest BCUT2D eigenvalue weighted by Gasteiger charge is 2.32. The second kappa shape index (κ2) is 3.28. The van der Waals surface area contributed by atoms with Crippen molar-refractivity contribution < 1.29 is 5.21 Å². The first-order valence-electron chi connectivity index (χ1n) is 5.32. The third-order valence-corrected chi connectivity index (χ3v) is 3.04. The minimum Gasteiger partial charge on any atom is -0.339 e. The molecule has 2 heterocycles. The number of aryl methyl sites for hydroxylation is 1. The van der Waals surface area contributed by atoms with Gasteiger partial charge in [0.1, 0.15) is 11.2 Å². The van der Waals surface area contributed by atoms with Crippen LogP contribution in [0.1, 0.15) is 5.69 Å². The van der Waals surface area contributed by atoms with Gasteiger partial charge in [-0.25, -0.2) is 10.0 Å². The summed E-state index contributed by atoms with van der Waals surface area (Å²) in [5.74, 6) is 0. The van der Waals surface area contributed by atoms with Crippen molar-refractivity contribution in [3.05, 3.63) is 24.0 Å². The van der Waals surface area contributed by atoms with E-state index in [1.807, 2.05) is 26.1 Å². The maximum absolute atomic E-state index is 10.0. The van der Waals surface area contributed by atoms with E-state index in [1.165, 1.54) is 0 Å². The molecule has 1 aliphatic rings. The zero-order valence-electron chi connectivity index (χ0n) is 9.62. The van der Waals surface area contributed by atoms with Crippen molar-refractivity contribution in [2.24, 2.45) is 5.73 Å². The average molecular weight is 231 g/mol. The van der Waals surface area contributed by atoms with Gasteiger partial charge in [-0.2, -0.15) is 0 Å². The lowest BCUT2D eigenvalue weighted by atomic mass is 10.2. The molecule has 6 nitrogen and oxygen atoms in total. The Kier molecular flexibility index (Phi) is 1.98. The molecule has 3 rings (SSSR count). The molecule has 1 atom stereocenters. The number of hydrogen-bond acceptors (Lipinski definition) is 6. The van der Waals surface area contributed by atoms with E-state index in [0.29, 0.717) is 11.2 Å². The summed E-state index contributed by atoms with van der Waals surface area (Å²) in [4.78, 5) is 10.5. The van der Waals surface area contributed by atoms with Crippen LogP contribution in [0, 0.1) is 6.92 Å². The minimum absolute atomic E-state index is 0.585. The molecule has 17 heavy (non-hydrogen) atoms. The van der Waals surface area contributed by atoms with Gasteiger partial charge < -0.3 is 4.90 Å². The largest absolute Gasteiger partial charge is 0.339 e. The zero-order valence-corrected chi connectivity index (χ0v) is 9.62. The molecule has 1 unspecified atom stereocenters. The maximum atomic E-state index is 10.0. The monoisotopic (exact) mass is 231 g/mol. The van der Waals surface area contributed by atoms with Crippen LogP contribution in [0.3, 0.4) is 0 Å². The summed E-state index contributed by atoms with van der Waals surface area (Å²) in [6.45, 7) is 1.87. The zero-order chi connectivity index (χ0) is 12.2. The fourth-order valence-corrected chi connectivity index (χ4v) is 2.09. The molecule has 0 aliphatic carbocycles. The van der Waals surface area contributed by atoms with E-state index in [4.69, 9.17) is 5.73 Å². The van der Waals surface area contributed by atoms with Crippen molar-refractivity contribution in [2.75, 3.05) is 17.0 Å². The second-order valence-corrected chi connectivity index (χ2v) is 4.18. The van der Waals surface area contributed by atoms with Crippen LogP contribution in [-0.4, -0.2) is 28.5 Å². The topological polar surface area (TPSA) is 78.5 Å². The molecule has 0 bridgehead atoms. The van der Waals surface area contributed by atoms with Crippen LogP contribution in [0.15, 0.2) is 18.3 Å². The van der Waals surface area contributed by atoms with Crippen LogP contribution in [0.4, 0.5) is 11.4 Å². The molecule has 0 radical (unpaired) electrons. The van der Waals surface area contributed by atoms with Gasteiger partial charge in [-0.15, -0.1) is 0 Å². The molecule has 0 amide bonds. The highest BCUT2D eigenvalue weighted by Crippen LogP contribution is 2.40. The first kappa shape index (κ1) is 10.2. The van der Waals surface area contributed by atoms with Crippen molar-refractivity contribution in [2.45, 2.75) is 13.2 Å². The van der Waals surface area contributed by atoms with Crippen molar-refractivity contribution in [3.8, 4) is 0 Å². The predicted octanol–water partition coefficient (Wildman–Crippen LogP) is 0.826. The number of nitrogens with two attached hydrogens (primary N) is 1. The van der Waals surface area contributed by atoms with E-state index in [2.05, 4.69) is 9.97 Å². The van der Waals surface area contributed by atoms with Gasteiger partial charge in [0.15, 0.2) is 6.29 Å². The highest BCUT2D eigenvalue weighted by molar-refractivity contribution is 5.98. The summed E-state index contributed by atoms with van der Waals surface area (Å²) in [7, 11) is 1.83. The summed E-state index contributed by atoms with van der Waals surface area (Å²) in [6, 6.07) is 3.76. The number of hydroxylamine groups is 1. The number of hydrogen-bond donors (Lipinski definition) is 2. The van der Waals surface area contributed by atoms with Crippen molar-refractivity contribution in [1.29, 1.82) is 0 Å². The van der Waals surface area contributed by atoms with Gasteiger partial charge in [0, 0.05) is 13.2 Å². The number of anilines is 2. The first-order chi connectivity index (χ1) is 8.09. The van der Waals surface area contributed by atoms with E-state index in [9.17, 15) is 5.21 Å². The van der Waals surface area contributed by atoms with E-state index in [0.717, 1.165) is 22.0 Å². The molecule has 3 N–H and O–H groups in total. The molecule has 88 valence electrons. The summed E-state index contributed by atoms with van der Waals surface area (Å²) < 4.78 is 0. The number of aromatic nitrogens is 2. The van der Waals surface area contributed by atoms with E-state index >= 15 is 0 Å². The third-order valence-electron chi connectivity index (χ3n) is 3.04. The van der Waals surface area contributed by atoms with Crippen molar-refractivity contribution >= 4 is 22.4 Å². The lowest BCUT2D eigenvalue weighted by Crippen LogP contribution is -2.46. The number of benzene rings is 1. The molecule has 2 aromatic rings. The Balaban J connectivity index is 2.37. The lowest BCUT2D eigenvalue weighted by molar-refractivity contribution is 0.227. The molecule has 0 saturated heterocycles. The minimum atomic E-state index is -0.585. The van der Waals surface area contributed by atoms with Gasteiger partial charge >= 0.3 is 0 Å². The van der Waals surface area contributed by atoms with E-state index in [-0.39, 0.29) is 0 Å². The average Bonchev–Trinajstić information content (AvgIpc) is 2.54. The van der Waals surface area contributed by atoms with Gasteiger partial charge in [-0.1, -0.05) is 0 Å². The second-order valence-electron chi connectivity index (χ2n) is 4.18. The van der Waals surface area contributed by atoms with E-state index in [1.54, 1.807) is 11.1 Å². The molecule has 1 aromatic heterocycles. The summed E-state index contributed by atoms with van der Waals surface area (Å²) in [6.07, 6.45) is 1.12. The summed E-state index contributed by atoms with van der Waals surface area (Å²) in [5.41, 5.74) is 9.55. The van der Waals surface area contributed by atoms with Crippen LogP contribution in [-0.2, 0) is 0 Å². The molecule has 0 spiro atoms. The molecule has 0 fully saturated rings. The maximum Gasteiger partial charge on any atom is 0.179 e. The lowest BCUT2D eigenvalue weighted by Gasteiger charge is -2.20. The number of rotatable bonds is 0. The Morgan fingerprint density at radius 1 is 1.41 bits per heavy atom. The van der Waals surface area contributed by atoms with Gasteiger partial charge in [-0.05, 0) is 19.1 Å². The summed E-state index contributed by atoms with van der Waals surface area (Å²) >= 11 is 0. The molecule has 1 aliphatic heterocycles. The van der Waals surface area contributed by atoms with Gasteiger partial charge in [0.05, 0.1) is 16.9 Å². The summed E-state index contributed by atoms with van der Waals surface area (Å²) in [5, 5.41) is 11.0.